The molecule has 10 heteroatoms. The summed E-state index contributed by atoms with van der Waals surface area (Å²) in [6.07, 6.45) is 31.1. The number of allylic oxidation sites excluding steroid dienone is 4. The van der Waals surface area contributed by atoms with E-state index >= 15 is 0 Å². The maximum atomic E-state index is 12.7. The maximum absolute atomic E-state index is 12.7. The third-order valence-corrected chi connectivity index (χ3v) is 9.86. The lowest BCUT2D eigenvalue weighted by Crippen LogP contribution is -2.75. The summed E-state index contributed by atoms with van der Waals surface area (Å²) in [5, 5.41) is 53.0. The van der Waals surface area contributed by atoms with Crippen LogP contribution in [0.1, 0.15) is 194 Å². The lowest BCUT2D eigenvalue weighted by atomic mass is 9.94. The maximum Gasteiger partial charge on any atom is 0.399 e. The number of aliphatic hydroxyl groups excluding tert-OH is 3. The van der Waals surface area contributed by atoms with Crippen molar-refractivity contribution in [2.24, 2.45) is 0 Å². The van der Waals surface area contributed by atoms with Gasteiger partial charge in [0.15, 0.2) is 6.10 Å². The summed E-state index contributed by atoms with van der Waals surface area (Å²) in [6, 6.07) is 0. The number of rotatable bonds is 33. The summed E-state index contributed by atoms with van der Waals surface area (Å²) in [5.41, 5.74) is 0. The lowest BCUT2D eigenvalue weighted by molar-refractivity contribution is -0.511. The Bertz CT molecular complexity index is 955. The average molecular weight is 741 g/mol. The number of ether oxygens (including phenoxy) is 3. The van der Waals surface area contributed by atoms with Gasteiger partial charge in [-0.25, -0.2) is 0 Å². The molecule has 0 bridgehead atoms. The van der Waals surface area contributed by atoms with E-state index in [1.807, 2.05) is 0 Å². The van der Waals surface area contributed by atoms with Crippen molar-refractivity contribution in [3.05, 3.63) is 24.3 Å². The van der Waals surface area contributed by atoms with Crippen LogP contribution in [0.5, 0.6) is 0 Å². The quantitative estimate of drug-likeness (QED) is 0.0191. The molecule has 1 fully saturated rings. The lowest BCUT2D eigenvalue weighted by Gasteiger charge is -2.49. The fourth-order valence-corrected chi connectivity index (χ4v) is 6.46. The predicted octanol–water partition coefficient (Wildman–Crippen LogP) is 8.60. The van der Waals surface area contributed by atoms with Crippen molar-refractivity contribution in [3.63, 3.8) is 0 Å². The summed E-state index contributed by atoms with van der Waals surface area (Å²) in [5.74, 6) is -8.57. The Balaban J connectivity index is 2.38. The third-order valence-electron chi connectivity index (χ3n) is 9.86. The van der Waals surface area contributed by atoms with Gasteiger partial charge in [-0.15, -0.1) is 0 Å². The monoisotopic (exact) mass is 741 g/mol. The number of unbranched alkanes of at least 4 members (excludes halogenated alkanes) is 22. The molecule has 0 aromatic heterocycles. The molecule has 0 aromatic rings. The van der Waals surface area contributed by atoms with E-state index in [2.05, 4.69) is 38.2 Å². The van der Waals surface area contributed by atoms with Gasteiger partial charge < -0.3 is 39.7 Å². The molecular formula is C42H76O10. The van der Waals surface area contributed by atoms with Crippen molar-refractivity contribution < 1.29 is 49.3 Å². The zero-order valence-corrected chi connectivity index (χ0v) is 32.8. The average Bonchev–Trinajstić information content (AvgIpc) is 3.12. The van der Waals surface area contributed by atoms with Crippen LogP contribution in [0.2, 0.25) is 0 Å². The summed E-state index contributed by atoms with van der Waals surface area (Å²) < 4.78 is 15.3. The van der Waals surface area contributed by atoms with Crippen LogP contribution >= 0.6 is 0 Å². The molecule has 1 saturated heterocycles. The highest BCUT2D eigenvalue weighted by molar-refractivity contribution is 5.71. The van der Waals surface area contributed by atoms with Crippen molar-refractivity contribution >= 4 is 11.9 Å². The zero-order valence-electron chi connectivity index (χ0n) is 32.8. The number of esters is 2. The first kappa shape index (κ1) is 48.2. The van der Waals surface area contributed by atoms with E-state index in [0.29, 0.717) is 12.8 Å². The highest BCUT2D eigenvalue weighted by Crippen LogP contribution is 2.39. The van der Waals surface area contributed by atoms with Gasteiger partial charge in [0.1, 0.15) is 12.2 Å². The molecule has 1 heterocycles. The molecule has 52 heavy (non-hydrogen) atoms. The molecule has 1 aliphatic rings. The molecule has 0 amide bonds. The molecule has 0 spiro atoms. The van der Waals surface area contributed by atoms with Crippen molar-refractivity contribution in [1.82, 2.24) is 0 Å². The molecule has 10 nitrogen and oxygen atoms in total. The Hall–Kier alpha value is -1.82. The zero-order chi connectivity index (χ0) is 38.3. The molecule has 5 N–H and O–H groups in total. The molecule has 0 radical (unpaired) electrons. The Morgan fingerprint density at radius 1 is 0.558 bits per heavy atom. The van der Waals surface area contributed by atoms with Gasteiger partial charge >= 0.3 is 23.7 Å². The minimum absolute atomic E-state index is 0.120. The predicted molar refractivity (Wildman–Crippen MR) is 205 cm³/mol. The van der Waals surface area contributed by atoms with Crippen LogP contribution in [-0.4, -0.2) is 74.2 Å². The van der Waals surface area contributed by atoms with E-state index in [4.69, 9.17) is 14.2 Å². The van der Waals surface area contributed by atoms with E-state index < -0.39 is 48.6 Å². The molecule has 1 unspecified atom stereocenters. The van der Waals surface area contributed by atoms with Gasteiger partial charge in [0.2, 0.25) is 0 Å². The normalized spacial score (nSPS) is 23.5. The molecule has 304 valence electrons. The highest BCUT2D eigenvalue weighted by Gasteiger charge is 2.70. The first-order valence-electron chi connectivity index (χ1n) is 21.0. The number of carbonyl (C=O) groups excluding carboxylic acids is 2. The first-order valence-corrected chi connectivity index (χ1v) is 21.0. The molecule has 1 aliphatic heterocycles. The topological polar surface area (TPSA) is 163 Å². The van der Waals surface area contributed by atoms with E-state index in [0.717, 1.165) is 77.0 Å². The van der Waals surface area contributed by atoms with Crippen LogP contribution in [-0.2, 0) is 23.8 Å². The van der Waals surface area contributed by atoms with Crippen LogP contribution < -0.4 is 0 Å². The minimum Gasteiger partial charge on any atom is -0.420 e. The van der Waals surface area contributed by atoms with Gasteiger partial charge in [-0.2, -0.15) is 0 Å². The SMILES string of the molecule is CCCCCCCC/C=C\CCCCCCCC(=O)OC1(O)O[C@H](CO)[C@@H](O)[C@H](O)[C@@]1(O)OC(=O)CCCCCCC/C=C\CCCCCCCC. The van der Waals surface area contributed by atoms with Gasteiger partial charge in [-0.3, -0.25) is 9.59 Å². The molecule has 0 aliphatic carbocycles. The largest absolute Gasteiger partial charge is 0.420 e. The van der Waals surface area contributed by atoms with Gasteiger partial charge in [-0.05, 0) is 64.2 Å². The smallest absolute Gasteiger partial charge is 0.399 e. The highest BCUT2D eigenvalue weighted by atomic mass is 16.9. The van der Waals surface area contributed by atoms with Gasteiger partial charge in [0.25, 0.3) is 0 Å². The van der Waals surface area contributed by atoms with Crippen molar-refractivity contribution in [1.29, 1.82) is 0 Å². The van der Waals surface area contributed by atoms with Crippen molar-refractivity contribution in [2.75, 3.05) is 6.61 Å². The van der Waals surface area contributed by atoms with E-state index in [1.54, 1.807) is 0 Å². The number of hydrogen-bond acceptors (Lipinski definition) is 10. The van der Waals surface area contributed by atoms with E-state index in [1.165, 1.54) is 77.0 Å². The molecule has 5 atom stereocenters. The second-order valence-electron chi connectivity index (χ2n) is 14.7. The summed E-state index contributed by atoms with van der Waals surface area (Å²) in [6.45, 7) is 3.59. The Morgan fingerprint density at radius 3 is 1.29 bits per heavy atom. The molecule has 0 aromatic carbocycles. The number of hydrogen-bond donors (Lipinski definition) is 5. The third kappa shape index (κ3) is 20.6. The minimum atomic E-state index is -3.34. The van der Waals surface area contributed by atoms with Gasteiger partial charge in [0.05, 0.1) is 6.61 Å². The Morgan fingerprint density at radius 2 is 0.904 bits per heavy atom. The van der Waals surface area contributed by atoms with Crippen LogP contribution in [0.25, 0.3) is 0 Å². The van der Waals surface area contributed by atoms with Crippen LogP contribution in [0.15, 0.2) is 24.3 Å². The second-order valence-corrected chi connectivity index (χ2v) is 14.7. The first-order chi connectivity index (χ1) is 25.1. The fraction of sp³-hybridized carbons (Fsp3) is 0.857. The number of carbonyl (C=O) groups is 2. The molecule has 1 rings (SSSR count). The van der Waals surface area contributed by atoms with Crippen LogP contribution in [0.3, 0.4) is 0 Å². The van der Waals surface area contributed by atoms with Gasteiger partial charge in [0, 0.05) is 12.8 Å². The van der Waals surface area contributed by atoms with Gasteiger partial charge in [-0.1, -0.05) is 141 Å². The number of aliphatic hydroxyl groups is 5. The fourth-order valence-electron chi connectivity index (χ4n) is 6.46. The Labute approximate surface area is 315 Å². The van der Waals surface area contributed by atoms with E-state index in [9.17, 15) is 35.1 Å². The standard InChI is InChI=1S/C42H76O10/c1-3-5-7-9-11-13-15-17-19-21-23-25-27-29-31-33-37(44)51-41(48)40(47)39(46)36(35-43)50-42(41,49)52-38(45)34-32-30-28-26-24-22-20-18-16-14-12-10-8-6-4-2/h17-20,36,39-40,43,46-49H,3-16,21-35H2,1-2H3/b19-17-,20-18-/t36-,39-,40+,41-,42?/m1/s1. The van der Waals surface area contributed by atoms with Crippen LogP contribution in [0, 0.1) is 0 Å². The Kier molecular flexibility index (Phi) is 28.3. The summed E-state index contributed by atoms with van der Waals surface area (Å²) in [4.78, 5) is 25.4. The summed E-state index contributed by atoms with van der Waals surface area (Å²) >= 11 is 0. The van der Waals surface area contributed by atoms with Crippen molar-refractivity contribution in [2.45, 2.75) is 224 Å². The van der Waals surface area contributed by atoms with Crippen molar-refractivity contribution in [3.8, 4) is 0 Å². The summed E-state index contributed by atoms with van der Waals surface area (Å²) in [7, 11) is 0. The second kappa shape index (κ2) is 30.5. The molecular weight excluding hydrogens is 664 g/mol. The van der Waals surface area contributed by atoms with E-state index in [-0.39, 0.29) is 12.8 Å². The molecule has 0 saturated carbocycles. The van der Waals surface area contributed by atoms with Crippen LogP contribution in [0.4, 0.5) is 0 Å².